The molecular formula is C10H20N2. The van der Waals surface area contributed by atoms with Crippen LogP contribution in [0.3, 0.4) is 0 Å². The molecule has 0 aromatic carbocycles. The topological polar surface area (TPSA) is 29.3 Å². The van der Waals surface area contributed by atoms with Gasteiger partial charge in [-0.3, -0.25) is 4.90 Å². The third-order valence-electron chi connectivity index (χ3n) is 3.62. The van der Waals surface area contributed by atoms with E-state index in [2.05, 4.69) is 18.7 Å². The molecular weight excluding hydrogens is 148 g/mol. The van der Waals surface area contributed by atoms with Gasteiger partial charge in [0.15, 0.2) is 0 Å². The highest BCUT2D eigenvalue weighted by Gasteiger charge is 2.41. The van der Waals surface area contributed by atoms with Crippen LogP contribution in [-0.4, -0.2) is 30.1 Å². The van der Waals surface area contributed by atoms with Gasteiger partial charge in [0.2, 0.25) is 0 Å². The SMILES string of the molecule is CC(C)C1C(N)C2CCN1CC2. The van der Waals surface area contributed by atoms with Crippen molar-refractivity contribution in [1.29, 1.82) is 0 Å². The summed E-state index contributed by atoms with van der Waals surface area (Å²) in [6.07, 6.45) is 2.68. The van der Waals surface area contributed by atoms with E-state index in [1.165, 1.54) is 25.9 Å². The van der Waals surface area contributed by atoms with Crippen molar-refractivity contribution in [3.05, 3.63) is 0 Å². The molecule has 3 heterocycles. The van der Waals surface area contributed by atoms with Crippen LogP contribution in [0.5, 0.6) is 0 Å². The molecule has 2 N–H and O–H groups in total. The van der Waals surface area contributed by atoms with Gasteiger partial charge >= 0.3 is 0 Å². The Kier molecular flexibility index (Phi) is 2.13. The molecule has 2 atom stereocenters. The minimum Gasteiger partial charge on any atom is -0.326 e. The third-order valence-corrected chi connectivity index (χ3v) is 3.62. The van der Waals surface area contributed by atoms with Crippen molar-refractivity contribution < 1.29 is 0 Å². The number of hydrogen-bond donors (Lipinski definition) is 1. The smallest absolute Gasteiger partial charge is 0.0272 e. The largest absolute Gasteiger partial charge is 0.326 e. The Labute approximate surface area is 75.1 Å². The molecule has 0 aliphatic carbocycles. The van der Waals surface area contributed by atoms with Crippen molar-refractivity contribution in [3.63, 3.8) is 0 Å². The van der Waals surface area contributed by atoms with Crippen LogP contribution in [-0.2, 0) is 0 Å². The van der Waals surface area contributed by atoms with E-state index in [1.807, 2.05) is 0 Å². The maximum Gasteiger partial charge on any atom is 0.0272 e. The van der Waals surface area contributed by atoms with Gasteiger partial charge in [-0.2, -0.15) is 0 Å². The van der Waals surface area contributed by atoms with Gasteiger partial charge in [-0.25, -0.2) is 0 Å². The summed E-state index contributed by atoms with van der Waals surface area (Å²) in [7, 11) is 0. The minimum absolute atomic E-state index is 0.451. The minimum atomic E-state index is 0.451. The molecule has 12 heavy (non-hydrogen) atoms. The van der Waals surface area contributed by atoms with E-state index in [4.69, 9.17) is 5.73 Å². The number of hydrogen-bond acceptors (Lipinski definition) is 2. The van der Waals surface area contributed by atoms with Gasteiger partial charge in [0.1, 0.15) is 0 Å². The summed E-state index contributed by atoms with van der Waals surface area (Å²) in [5.41, 5.74) is 6.22. The summed E-state index contributed by atoms with van der Waals surface area (Å²) in [5, 5.41) is 0. The molecule has 3 rings (SSSR count). The summed E-state index contributed by atoms with van der Waals surface area (Å²) in [6.45, 7) is 7.18. The highest BCUT2D eigenvalue weighted by atomic mass is 15.2. The molecule has 2 bridgehead atoms. The molecule has 0 radical (unpaired) electrons. The molecule has 0 aromatic rings. The normalized spacial score (nSPS) is 47.0. The van der Waals surface area contributed by atoms with E-state index in [0.717, 1.165) is 11.8 Å². The fourth-order valence-corrected chi connectivity index (χ4v) is 2.99. The summed E-state index contributed by atoms with van der Waals surface area (Å²) in [4.78, 5) is 2.59. The Morgan fingerprint density at radius 2 is 1.83 bits per heavy atom. The van der Waals surface area contributed by atoms with Crippen LogP contribution in [0.4, 0.5) is 0 Å². The maximum absolute atomic E-state index is 6.22. The number of nitrogens with zero attached hydrogens (tertiary/aromatic N) is 1. The number of rotatable bonds is 1. The second-order valence-electron chi connectivity index (χ2n) is 4.69. The van der Waals surface area contributed by atoms with Crippen molar-refractivity contribution in [1.82, 2.24) is 4.90 Å². The van der Waals surface area contributed by atoms with Crippen LogP contribution in [0, 0.1) is 11.8 Å². The molecule has 0 aromatic heterocycles. The van der Waals surface area contributed by atoms with E-state index in [1.54, 1.807) is 0 Å². The Balaban J connectivity index is 2.12. The Bertz CT molecular complexity index is 157. The molecule has 2 heteroatoms. The molecule has 3 fully saturated rings. The van der Waals surface area contributed by atoms with Gasteiger partial charge in [-0.15, -0.1) is 0 Å². The van der Waals surface area contributed by atoms with Crippen molar-refractivity contribution in [2.24, 2.45) is 17.6 Å². The van der Waals surface area contributed by atoms with E-state index in [0.29, 0.717) is 12.1 Å². The standard InChI is InChI=1S/C10H20N2/c1-7(2)10-9(11)8-3-5-12(10)6-4-8/h7-10H,3-6,11H2,1-2H3. The average molecular weight is 168 g/mol. The maximum atomic E-state index is 6.22. The average Bonchev–Trinajstić information content (AvgIpc) is 2.05. The molecule has 3 aliphatic heterocycles. The predicted molar refractivity (Wildman–Crippen MR) is 50.9 cm³/mol. The van der Waals surface area contributed by atoms with Crippen molar-refractivity contribution in [2.75, 3.05) is 13.1 Å². The third kappa shape index (κ3) is 1.17. The highest BCUT2D eigenvalue weighted by Crippen LogP contribution is 2.33. The Morgan fingerprint density at radius 1 is 1.25 bits per heavy atom. The first-order valence-electron chi connectivity index (χ1n) is 5.20. The van der Waals surface area contributed by atoms with Gasteiger partial charge in [-0.1, -0.05) is 13.8 Å². The summed E-state index contributed by atoms with van der Waals surface area (Å²) >= 11 is 0. The lowest BCUT2D eigenvalue weighted by Gasteiger charge is -2.51. The van der Waals surface area contributed by atoms with Gasteiger partial charge in [0.05, 0.1) is 0 Å². The summed E-state index contributed by atoms with van der Waals surface area (Å²) < 4.78 is 0. The monoisotopic (exact) mass is 168 g/mol. The lowest BCUT2D eigenvalue weighted by molar-refractivity contribution is 0.00567. The predicted octanol–water partition coefficient (Wildman–Crippen LogP) is 1.06. The van der Waals surface area contributed by atoms with Crippen LogP contribution < -0.4 is 5.73 Å². The zero-order valence-corrected chi connectivity index (χ0v) is 8.16. The summed E-state index contributed by atoms with van der Waals surface area (Å²) in [5.74, 6) is 1.55. The van der Waals surface area contributed by atoms with Gasteiger partial charge in [-0.05, 0) is 37.8 Å². The second kappa shape index (κ2) is 3.00. The van der Waals surface area contributed by atoms with Gasteiger partial charge < -0.3 is 5.73 Å². The van der Waals surface area contributed by atoms with Crippen molar-refractivity contribution in [3.8, 4) is 0 Å². The molecule has 3 saturated heterocycles. The fraction of sp³-hybridized carbons (Fsp3) is 1.00. The zero-order valence-electron chi connectivity index (χ0n) is 8.16. The van der Waals surface area contributed by atoms with E-state index in [-0.39, 0.29) is 0 Å². The molecule has 2 nitrogen and oxygen atoms in total. The first-order chi connectivity index (χ1) is 5.70. The first kappa shape index (κ1) is 8.52. The molecule has 70 valence electrons. The number of fused-ring (bicyclic) bond motifs is 3. The Hall–Kier alpha value is -0.0800. The van der Waals surface area contributed by atoms with E-state index >= 15 is 0 Å². The summed E-state index contributed by atoms with van der Waals surface area (Å²) in [6, 6.07) is 1.12. The van der Waals surface area contributed by atoms with Crippen LogP contribution in [0.2, 0.25) is 0 Å². The second-order valence-corrected chi connectivity index (χ2v) is 4.69. The zero-order chi connectivity index (χ0) is 8.72. The Morgan fingerprint density at radius 3 is 2.17 bits per heavy atom. The highest BCUT2D eigenvalue weighted by molar-refractivity contribution is 4.98. The molecule has 0 saturated carbocycles. The molecule has 2 unspecified atom stereocenters. The fourth-order valence-electron chi connectivity index (χ4n) is 2.99. The number of piperidine rings is 3. The van der Waals surface area contributed by atoms with E-state index < -0.39 is 0 Å². The number of nitrogens with two attached hydrogens (primary N) is 1. The molecule has 0 spiro atoms. The van der Waals surface area contributed by atoms with Gasteiger partial charge in [0.25, 0.3) is 0 Å². The van der Waals surface area contributed by atoms with E-state index in [9.17, 15) is 0 Å². The van der Waals surface area contributed by atoms with Crippen LogP contribution >= 0.6 is 0 Å². The van der Waals surface area contributed by atoms with Gasteiger partial charge in [0, 0.05) is 12.1 Å². The molecule has 0 amide bonds. The van der Waals surface area contributed by atoms with Crippen LogP contribution in [0.1, 0.15) is 26.7 Å². The quantitative estimate of drug-likeness (QED) is 0.634. The lowest BCUT2D eigenvalue weighted by atomic mass is 9.75. The van der Waals surface area contributed by atoms with Crippen molar-refractivity contribution >= 4 is 0 Å². The first-order valence-corrected chi connectivity index (χ1v) is 5.20. The lowest BCUT2D eigenvalue weighted by Crippen LogP contribution is -2.62. The van der Waals surface area contributed by atoms with Crippen molar-refractivity contribution in [2.45, 2.75) is 38.8 Å². The van der Waals surface area contributed by atoms with Crippen LogP contribution in [0.15, 0.2) is 0 Å². The van der Waals surface area contributed by atoms with Crippen LogP contribution in [0.25, 0.3) is 0 Å². The molecule has 3 aliphatic rings.